The molecule has 2 amide bonds. The molecule has 1 atom stereocenters. The lowest BCUT2D eigenvalue weighted by atomic mass is 10.1. The Morgan fingerprint density at radius 1 is 1.33 bits per heavy atom. The summed E-state index contributed by atoms with van der Waals surface area (Å²) in [4.78, 5) is 22.2. The van der Waals surface area contributed by atoms with Crippen LogP contribution in [-0.2, 0) is 9.59 Å². The number of carbonyl (C=O) groups is 2. The van der Waals surface area contributed by atoms with Gasteiger partial charge in [-0.25, -0.2) is 0 Å². The molecule has 0 fully saturated rings. The molecule has 0 aromatic heterocycles. The molecule has 0 aromatic carbocycles. The van der Waals surface area contributed by atoms with Gasteiger partial charge in [0.15, 0.2) is 0 Å². The van der Waals surface area contributed by atoms with E-state index >= 15 is 0 Å². The molecule has 2 N–H and O–H groups in total. The van der Waals surface area contributed by atoms with Crippen LogP contribution >= 0.6 is 0 Å². The van der Waals surface area contributed by atoms with Gasteiger partial charge in [-0.3, -0.25) is 9.59 Å². The average Bonchev–Trinajstić information content (AvgIpc) is 2.23. The smallest absolute Gasteiger partial charge is 0.223 e. The summed E-state index contributed by atoms with van der Waals surface area (Å²) in [5.74, 6) is -0.0478. The minimum atomic E-state index is -0.0515. The van der Waals surface area contributed by atoms with Crippen LogP contribution in [0.5, 0.6) is 0 Å². The second-order valence-corrected chi connectivity index (χ2v) is 3.42. The predicted octanol–water partition coefficient (Wildman–Crippen LogP) is 0.841. The molecule has 86 valence electrons. The highest BCUT2D eigenvalue weighted by atomic mass is 16.2. The first-order chi connectivity index (χ1) is 7.11. The van der Waals surface area contributed by atoms with E-state index in [2.05, 4.69) is 17.2 Å². The van der Waals surface area contributed by atoms with E-state index in [0.29, 0.717) is 25.9 Å². The fourth-order valence-corrected chi connectivity index (χ4v) is 1.04. The second kappa shape index (κ2) is 8.03. The Kier molecular flexibility index (Phi) is 7.32. The van der Waals surface area contributed by atoms with Crippen LogP contribution < -0.4 is 10.6 Å². The Bertz CT molecular complexity index is 227. The van der Waals surface area contributed by atoms with Gasteiger partial charge in [-0.15, -0.1) is 6.58 Å². The van der Waals surface area contributed by atoms with Crippen molar-refractivity contribution in [2.75, 3.05) is 13.1 Å². The van der Waals surface area contributed by atoms with Gasteiger partial charge in [0.05, 0.1) is 0 Å². The first kappa shape index (κ1) is 13.7. The van der Waals surface area contributed by atoms with Gasteiger partial charge in [0.1, 0.15) is 0 Å². The highest BCUT2D eigenvalue weighted by molar-refractivity contribution is 5.78. The molecule has 4 heteroatoms. The molecule has 4 nitrogen and oxygen atoms in total. The summed E-state index contributed by atoms with van der Waals surface area (Å²) in [6, 6.07) is 0. The molecule has 0 spiro atoms. The van der Waals surface area contributed by atoms with E-state index in [1.54, 1.807) is 13.0 Å². The van der Waals surface area contributed by atoms with E-state index in [9.17, 15) is 9.59 Å². The van der Waals surface area contributed by atoms with Crippen LogP contribution in [0.1, 0.15) is 26.7 Å². The lowest BCUT2D eigenvalue weighted by Crippen LogP contribution is -2.36. The lowest BCUT2D eigenvalue weighted by Gasteiger charge is -2.10. The topological polar surface area (TPSA) is 58.2 Å². The summed E-state index contributed by atoms with van der Waals surface area (Å²) < 4.78 is 0. The van der Waals surface area contributed by atoms with E-state index < -0.39 is 0 Å². The van der Waals surface area contributed by atoms with E-state index in [4.69, 9.17) is 0 Å². The molecule has 1 unspecified atom stereocenters. The Morgan fingerprint density at radius 2 is 1.93 bits per heavy atom. The quantitative estimate of drug-likeness (QED) is 0.485. The molecule has 0 radical (unpaired) electrons. The zero-order valence-electron chi connectivity index (χ0n) is 9.51. The van der Waals surface area contributed by atoms with Crippen LogP contribution in [0, 0.1) is 5.92 Å². The zero-order valence-corrected chi connectivity index (χ0v) is 9.51. The lowest BCUT2D eigenvalue weighted by molar-refractivity contribution is -0.125. The first-order valence-electron chi connectivity index (χ1n) is 5.27. The van der Waals surface area contributed by atoms with Gasteiger partial charge in [0.25, 0.3) is 0 Å². The van der Waals surface area contributed by atoms with Gasteiger partial charge in [0, 0.05) is 25.4 Å². The summed E-state index contributed by atoms with van der Waals surface area (Å²) in [6.07, 6.45) is 2.87. The van der Waals surface area contributed by atoms with Crippen LogP contribution in [0.2, 0.25) is 0 Å². The number of hydrogen-bond acceptors (Lipinski definition) is 2. The number of amides is 2. The summed E-state index contributed by atoms with van der Waals surface area (Å²) in [7, 11) is 0. The molecule has 0 bridgehead atoms. The third kappa shape index (κ3) is 6.71. The molecule has 0 rings (SSSR count). The summed E-state index contributed by atoms with van der Waals surface area (Å²) in [5.41, 5.74) is 0. The maximum atomic E-state index is 11.4. The van der Waals surface area contributed by atoms with Crippen molar-refractivity contribution in [3.8, 4) is 0 Å². The number of allylic oxidation sites excluding steroid dienone is 1. The van der Waals surface area contributed by atoms with Gasteiger partial charge < -0.3 is 10.6 Å². The van der Waals surface area contributed by atoms with Gasteiger partial charge in [-0.2, -0.15) is 0 Å². The normalized spacial score (nSPS) is 11.6. The number of nitrogens with one attached hydrogen (secondary N) is 2. The summed E-state index contributed by atoms with van der Waals surface area (Å²) in [6.45, 7) is 8.18. The molecule has 0 aromatic rings. The van der Waals surface area contributed by atoms with Crippen LogP contribution in [0.3, 0.4) is 0 Å². The Morgan fingerprint density at radius 3 is 2.47 bits per heavy atom. The number of hydrogen-bond donors (Lipinski definition) is 2. The van der Waals surface area contributed by atoms with E-state index in [1.807, 2.05) is 6.92 Å². The van der Waals surface area contributed by atoms with Crippen molar-refractivity contribution in [1.29, 1.82) is 0 Å². The van der Waals surface area contributed by atoms with E-state index in [0.717, 1.165) is 0 Å². The maximum Gasteiger partial charge on any atom is 0.223 e. The van der Waals surface area contributed by atoms with Gasteiger partial charge in [-0.05, 0) is 6.42 Å². The summed E-state index contributed by atoms with van der Waals surface area (Å²) in [5, 5.41) is 5.43. The van der Waals surface area contributed by atoms with Crippen molar-refractivity contribution in [3.63, 3.8) is 0 Å². The zero-order chi connectivity index (χ0) is 11.7. The molecule has 0 aliphatic heterocycles. The SMILES string of the molecule is C=CCC(C)C(=O)NCCNC(=O)CC. The predicted molar refractivity (Wildman–Crippen MR) is 60.3 cm³/mol. The minimum Gasteiger partial charge on any atom is -0.354 e. The van der Waals surface area contributed by atoms with E-state index in [-0.39, 0.29) is 17.7 Å². The fourth-order valence-electron chi connectivity index (χ4n) is 1.04. The summed E-state index contributed by atoms with van der Waals surface area (Å²) >= 11 is 0. The molecule has 0 aliphatic rings. The minimum absolute atomic E-state index is 0.000599. The van der Waals surface area contributed by atoms with Crippen LogP contribution in [-0.4, -0.2) is 24.9 Å². The Labute approximate surface area is 91.1 Å². The highest BCUT2D eigenvalue weighted by Gasteiger charge is 2.09. The second-order valence-electron chi connectivity index (χ2n) is 3.42. The number of rotatable bonds is 7. The van der Waals surface area contributed by atoms with Crippen molar-refractivity contribution in [2.24, 2.45) is 5.92 Å². The van der Waals surface area contributed by atoms with Gasteiger partial charge in [-0.1, -0.05) is 19.9 Å². The molecular weight excluding hydrogens is 192 g/mol. The standard InChI is InChI=1S/C11H20N2O2/c1-4-6-9(3)11(15)13-8-7-12-10(14)5-2/h4,9H,1,5-8H2,2-3H3,(H,12,14)(H,13,15). The maximum absolute atomic E-state index is 11.4. The molecule has 0 aliphatic carbocycles. The fraction of sp³-hybridized carbons (Fsp3) is 0.636. The van der Waals surface area contributed by atoms with Crippen molar-refractivity contribution in [3.05, 3.63) is 12.7 Å². The highest BCUT2D eigenvalue weighted by Crippen LogP contribution is 2.00. The average molecular weight is 212 g/mol. The van der Waals surface area contributed by atoms with Crippen molar-refractivity contribution in [2.45, 2.75) is 26.7 Å². The molecular formula is C11H20N2O2. The molecule has 15 heavy (non-hydrogen) atoms. The van der Waals surface area contributed by atoms with Crippen LogP contribution in [0.15, 0.2) is 12.7 Å². The largest absolute Gasteiger partial charge is 0.354 e. The molecule has 0 heterocycles. The van der Waals surface area contributed by atoms with Gasteiger partial charge >= 0.3 is 0 Å². The molecule has 0 saturated heterocycles. The van der Waals surface area contributed by atoms with Crippen LogP contribution in [0.25, 0.3) is 0 Å². The Balaban J connectivity index is 3.54. The third-order valence-corrected chi connectivity index (χ3v) is 2.04. The third-order valence-electron chi connectivity index (χ3n) is 2.04. The van der Waals surface area contributed by atoms with Crippen molar-refractivity contribution >= 4 is 11.8 Å². The van der Waals surface area contributed by atoms with Crippen molar-refractivity contribution < 1.29 is 9.59 Å². The Hall–Kier alpha value is -1.32. The van der Waals surface area contributed by atoms with Crippen LogP contribution in [0.4, 0.5) is 0 Å². The van der Waals surface area contributed by atoms with Gasteiger partial charge in [0.2, 0.25) is 11.8 Å². The number of carbonyl (C=O) groups excluding carboxylic acids is 2. The van der Waals surface area contributed by atoms with E-state index in [1.165, 1.54) is 0 Å². The monoisotopic (exact) mass is 212 g/mol. The van der Waals surface area contributed by atoms with Crippen molar-refractivity contribution in [1.82, 2.24) is 10.6 Å². The first-order valence-corrected chi connectivity index (χ1v) is 5.27. The molecule has 0 saturated carbocycles.